The van der Waals surface area contributed by atoms with Crippen LogP contribution in [-0.4, -0.2) is 97.5 Å². The summed E-state index contributed by atoms with van der Waals surface area (Å²) in [6.45, 7) is 7.09. The van der Waals surface area contributed by atoms with Crippen molar-refractivity contribution in [2.45, 2.75) is 31.4 Å². The van der Waals surface area contributed by atoms with Crippen LogP contribution < -0.4 is 25.0 Å². The first-order chi connectivity index (χ1) is 20.8. The van der Waals surface area contributed by atoms with Crippen LogP contribution in [0.4, 0.5) is 26.2 Å². The molecule has 0 bridgehead atoms. The van der Waals surface area contributed by atoms with Crippen LogP contribution in [0, 0.1) is 18.3 Å². The van der Waals surface area contributed by atoms with Crippen molar-refractivity contribution >= 4 is 17.5 Å². The zero-order chi connectivity index (χ0) is 30.0. The number of aryl methyl sites for hydroxylation is 1. The lowest BCUT2D eigenvalue weighted by Crippen LogP contribution is -2.56. The molecule has 0 saturated carbocycles. The van der Waals surface area contributed by atoms with E-state index in [2.05, 4.69) is 41.5 Å². The Morgan fingerprint density at radius 3 is 2.65 bits per heavy atom. The second-order valence-corrected chi connectivity index (χ2v) is 10.9. The number of rotatable bonds is 8. The first-order valence-electron chi connectivity index (χ1n) is 14.4. The van der Waals surface area contributed by atoms with E-state index in [1.165, 1.54) is 0 Å². The molecule has 3 fully saturated rings. The predicted molar refractivity (Wildman–Crippen MR) is 156 cm³/mol. The molecule has 0 spiro atoms. The smallest absolute Gasteiger partial charge is 0.296 e. The fourth-order valence-corrected chi connectivity index (χ4v) is 5.59. The fraction of sp³-hybridized carbons (Fsp3) is 0.467. The van der Waals surface area contributed by atoms with Crippen molar-refractivity contribution in [3.63, 3.8) is 0 Å². The van der Waals surface area contributed by atoms with Crippen LogP contribution in [0.15, 0.2) is 36.5 Å². The summed E-state index contributed by atoms with van der Waals surface area (Å²) in [5, 5.41) is 15.6. The predicted octanol–water partition coefficient (Wildman–Crippen LogP) is 3.37. The number of aromatic nitrogens is 3. The van der Waals surface area contributed by atoms with Gasteiger partial charge in [-0.15, -0.1) is 0 Å². The van der Waals surface area contributed by atoms with Crippen molar-refractivity contribution in [1.29, 1.82) is 5.26 Å². The highest BCUT2D eigenvalue weighted by molar-refractivity contribution is 5.69. The number of pyridine rings is 1. The van der Waals surface area contributed by atoms with Gasteiger partial charge in [0.15, 0.2) is 6.10 Å². The molecular formula is C30H34F2N8O3. The minimum Gasteiger partial charge on any atom is -0.483 e. The second-order valence-electron chi connectivity index (χ2n) is 10.9. The Kier molecular flexibility index (Phi) is 8.25. The first-order valence-corrected chi connectivity index (χ1v) is 14.4. The number of hydrogen-bond donors (Lipinski definition) is 2. The van der Waals surface area contributed by atoms with Gasteiger partial charge in [-0.05, 0) is 49.4 Å². The summed E-state index contributed by atoms with van der Waals surface area (Å²) >= 11 is 0. The number of piperidine rings is 1. The summed E-state index contributed by atoms with van der Waals surface area (Å²) in [6, 6.07) is 11.4. The van der Waals surface area contributed by atoms with Gasteiger partial charge in [0.05, 0.1) is 44.2 Å². The number of hydrogen-bond acceptors (Lipinski definition) is 11. The van der Waals surface area contributed by atoms with E-state index >= 15 is 0 Å². The molecule has 1 unspecified atom stereocenters. The molecule has 0 radical (unpaired) electrons. The number of alkyl halides is 2. The molecule has 11 nitrogen and oxygen atoms in total. The summed E-state index contributed by atoms with van der Waals surface area (Å²) in [5.41, 5.74) is 3.04. The Hall–Kier alpha value is -4.12. The number of halogens is 2. The highest BCUT2D eigenvalue weighted by Crippen LogP contribution is 2.34. The molecule has 2 aromatic heterocycles. The van der Waals surface area contributed by atoms with E-state index in [0.29, 0.717) is 41.5 Å². The van der Waals surface area contributed by atoms with E-state index in [9.17, 15) is 14.0 Å². The average Bonchev–Trinajstić information content (AvgIpc) is 2.98. The summed E-state index contributed by atoms with van der Waals surface area (Å²) < 4.78 is 45.4. The number of ether oxygens (including phenoxy) is 3. The highest BCUT2D eigenvalue weighted by Gasteiger charge is 2.43. The van der Waals surface area contributed by atoms with Gasteiger partial charge in [0.25, 0.3) is 5.92 Å². The molecule has 6 rings (SSSR count). The van der Waals surface area contributed by atoms with Gasteiger partial charge < -0.3 is 29.7 Å². The first kappa shape index (κ1) is 29.0. The molecule has 43 heavy (non-hydrogen) atoms. The van der Waals surface area contributed by atoms with E-state index in [0.717, 1.165) is 50.6 Å². The van der Waals surface area contributed by atoms with E-state index in [-0.39, 0.29) is 17.7 Å². The van der Waals surface area contributed by atoms with Crippen LogP contribution in [-0.2, 0) is 4.74 Å². The molecule has 5 heterocycles. The minimum absolute atomic E-state index is 0.137. The molecule has 3 saturated heterocycles. The van der Waals surface area contributed by atoms with Gasteiger partial charge in [-0.3, -0.25) is 4.90 Å². The van der Waals surface area contributed by atoms with Gasteiger partial charge in [-0.25, -0.2) is 18.7 Å². The van der Waals surface area contributed by atoms with E-state index < -0.39 is 18.6 Å². The number of anilines is 3. The van der Waals surface area contributed by atoms with Crippen LogP contribution >= 0.6 is 0 Å². The number of methoxy groups -OCH3 is 1. The van der Waals surface area contributed by atoms with Crippen molar-refractivity contribution in [1.82, 2.24) is 25.2 Å². The van der Waals surface area contributed by atoms with Crippen LogP contribution in [0.25, 0.3) is 11.3 Å². The maximum atomic E-state index is 14.4. The summed E-state index contributed by atoms with van der Waals surface area (Å²) in [4.78, 5) is 18.4. The normalized spacial score (nSPS) is 20.6. The number of nitrogens with one attached hydrogen (secondary N) is 2. The highest BCUT2D eigenvalue weighted by atomic mass is 19.3. The number of nitriles is 1. The van der Waals surface area contributed by atoms with E-state index in [4.69, 9.17) is 14.2 Å². The van der Waals surface area contributed by atoms with Crippen LogP contribution in [0.1, 0.15) is 17.5 Å². The third-order valence-corrected chi connectivity index (χ3v) is 8.13. The Balaban J connectivity index is 1.17. The lowest BCUT2D eigenvalue weighted by Gasteiger charge is -2.43. The SMILES string of the molecule is COc1nc(Nc2nccc(-c3cc(C#N)c(OC4CCNCC4(F)F)cc3C)n2)ccc1N1CCN(C2COC2)CC1. The topological polar surface area (TPSA) is 121 Å². The Bertz CT molecular complexity index is 1510. The lowest BCUT2D eigenvalue weighted by atomic mass is 10.0. The zero-order valence-corrected chi connectivity index (χ0v) is 24.1. The van der Waals surface area contributed by atoms with Crippen molar-refractivity contribution in [2.75, 3.05) is 69.8 Å². The molecule has 0 aliphatic carbocycles. The quantitative estimate of drug-likeness (QED) is 0.401. The zero-order valence-electron chi connectivity index (χ0n) is 24.1. The van der Waals surface area contributed by atoms with Gasteiger partial charge in [-0.1, -0.05) is 0 Å². The summed E-state index contributed by atoms with van der Waals surface area (Å²) in [7, 11) is 1.60. The monoisotopic (exact) mass is 592 g/mol. The van der Waals surface area contributed by atoms with E-state index in [1.54, 1.807) is 31.5 Å². The number of benzene rings is 1. The molecule has 2 N–H and O–H groups in total. The van der Waals surface area contributed by atoms with E-state index in [1.807, 2.05) is 19.1 Å². The standard InChI is InChI=1S/C30H34F2N8O3/c1-19-13-25(43-26-6-7-34-18-30(26,31)32)20(15-33)14-22(19)23-5-8-35-29(36-23)38-27-4-3-24(28(37-27)41-2)40-11-9-39(10-12-40)21-16-42-17-21/h3-5,8,13-14,21,26,34H,6-7,9-12,16-18H2,1-2H3,(H,35,36,37,38). The lowest BCUT2D eigenvalue weighted by molar-refractivity contribution is -0.109. The Morgan fingerprint density at radius 2 is 1.95 bits per heavy atom. The molecule has 3 aliphatic heterocycles. The van der Waals surface area contributed by atoms with Crippen LogP contribution in [0.5, 0.6) is 11.6 Å². The number of piperazine rings is 1. The Morgan fingerprint density at radius 1 is 1.14 bits per heavy atom. The summed E-state index contributed by atoms with van der Waals surface area (Å²) in [5.74, 6) is -1.56. The Labute approximate surface area is 248 Å². The van der Waals surface area contributed by atoms with Crippen molar-refractivity contribution < 1.29 is 23.0 Å². The van der Waals surface area contributed by atoms with Gasteiger partial charge >= 0.3 is 0 Å². The van der Waals surface area contributed by atoms with Crippen molar-refractivity contribution in [3.8, 4) is 29.0 Å². The van der Waals surface area contributed by atoms with Gasteiger partial charge in [0, 0.05) is 44.4 Å². The average molecular weight is 593 g/mol. The van der Waals surface area contributed by atoms with Gasteiger partial charge in [-0.2, -0.15) is 10.2 Å². The van der Waals surface area contributed by atoms with Crippen LogP contribution in [0.2, 0.25) is 0 Å². The summed E-state index contributed by atoms with van der Waals surface area (Å²) in [6.07, 6.45) is 0.449. The molecule has 0 amide bonds. The van der Waals surface area contributed by atoms with Crippen molar-refractivity contribution in [3.05, 3.63) is 47.7 Å². The molecule has 13 heteroatoms. The van der Waals surface area contributed by atoms with Crippen LogP contribution in [0.3, 0.4) is 0 Å². The maximum absolute atomic E-state index is 14.4. The molecule has 3 aromatic rings. The third kappa shape index (κ3) is 6.17. The minimum atomic E-state index is -3.03. The second kappa shape index (κ2) is 12.2. The molecule has 1 aromatic carbocycles. The molecule has 3 aliphatic rings. The number of nitrogens with zero attached hydrogens (tertiary/aromatic N) is 6. The van der Waals surface area contributed by atoms with Gasteiger partial charge in [0.2, 0.25) is 11.8 Å². The van der Waals surface area contributed by atoms with Crippen molar-refractivity contribution in [2.24, 2.45) is 0 Å². The third-order valence-electron chi connectivity index (χ3n) is 8.13. The molecule has 226 valence electrons. The largest absolute Gasteiger partial charge is 0.483 e. The van der Waals surface area contributed by atoms with Gasteiger partial charge in [0.1, 0.15) is 23.3 Å². The molecule has 1 atom stereocenters. The maximum Gasteiger partial charge on any atom is 0.296 e. The fourth-order valence-electron chi connectivity index (χ4n) is 5.59. The molecular weight excluding hydrogens is 558 g/mol.